The second kappa shape index (κ2) is 4.14. The molecule has 0 atom stereocenters. The van der Waals surface area contributed by atoms with E-state index in [1.54, 1.807) is 0 Å². The molecule has 0 aromatic heterocycles. The summed E-state index contributed by atoms with van der Waals surface area (Å²) in [5.74, 6) is 0. The Morgan fingerprint density at radius 1 is 1.44 bits per heavy atom. The van der Waals surface area contributed by atoms with Gasteiger partial charge in [-0.15, -0.1) is 6.58 Å². The Kier molecular flexibility index (Phi) is 4.68. The maximum absolute atomic E-state index is 3.80. The highest BCUT2D eigenvalue weighted by atomic mass is 80.0. The molecule has 0 rings (SSSR count). The van der Waals surface area contributed by atoms with Crippen LogP contribution < -0.4 is 0 Å². The zero-order valence-electron chi connectivity index (χ0n) is 5.26. The Morgan fingerprint density at radius 3 is 2.00 bits per heavy atom. The second-order valence-corrected chi connectivity index (χ2v) is 9.33. The lowest BCUT2D eigenvalue weighted by atomic mass is 10.2. The minimum absolute atomic E-state index is 0.0913. The van der Waals surface area contributed by atoms with E-state index < -0.39 is 0 Å². The zero-order chi connectivity index (χ0) is 7.49. The summed E-state index contributed by atoms with van der Waals surface area (Å²) < 4.78 is -0.0913. The van der Waals surface area contributed by atoms with E-state index in [0.29, 0.717) is 0 Å². The maximum atomic E-state index is 3.80. The van der Waals surface area contributed by atoms with Crippen molar-refractivity contribution in [1.82, 2.24) is 0 Å². The van der Waals surface area contributed by atoms with E-state index >= 15 is 0 Å². The van der Waals surface area contributed by atoms with Crippen LogP contribution >= 0.6 is 47.8 Å². The molecule has 0 aliphatic heterocycles. The predicted molar refractivity (Wildman–Crippen MR) is 53.6 cm³/mol. The lowest BCUT2D eigenvalue weighted by Crippen LogP contribution is -1.97. The van der Waals surface area contributed by atoms with Crippen LogP contribution in [0.2, 0.25) is 0 Å². The van der Waals surface area contributed by atoms with E-state index in [2.05, 4.69) is 54.4 Å². The molecule has 0 spiro atoms. The summed E-state index contributed by atoms with van der Waals surface area (Å²) in [6.45, 7) is 5.82. The van der Waals surface area contributed by atoms with Gasteiger partial charge in [0.15, 0.2) is 0 Å². The summed E-state index contributed by atoms with van der Waals surface area (Å²) in [4.78, 5) is 0. The smallest absolute Gasteiger partial charge is 0.100 e. The van der Waals surface area contributed by atoms with Crippen molar-refractivity contribution in [2.75, 3.05) is 0 Å². The summed E-state index contributed by atoms with van der Waals surface area (Å²) in [6.07, 6.45) is 2.03. The number of hydrogen-bond acceptors (Lipinski definition) is 0. The van der Waals surface area contributed by atoms with Crippen LogP contribution in [0.15, 0.2) is 12.2 Å². The highest BCUT2D eigenvalue weighted by Crippen LogP contribution is 2.38. The average Bonchev–Trinajstić information content (AvgIpc) is 1.59. The first kappa shape index (κ1) is 10.2. The molecule has 0 saturated heterocycles. The molecule has 0 fully saturated rings. The number of allylic oxidation sites excluding steroid dienone is 1. The molecule has 0 saturated carbocycles. The Balaban J connectivity index is 3.39. The molecule has 9 heavy (non-hydrogen) atoms. The third-order valence-corrected chi connectivity index (χ3v) is 2.02. The first-order valence-electron chi connectivity index (χ1n) is 2.63. The minimum atomic E-state index is -0.0913. The molecule has 0 nitrogen and oxygen atoms in total. The average molecular weight is 321 g/mol. The second-order valence-electron chi connectivity index (χ2n) is 2.07. The van der Waals surface area contributed by atoms with Crippen LogP contribution in [0.1, 0.15) is 19.8 Å². The molecule has 54 valence electrons. The molecular formula is C6H9Br3. The highest BCUT2D eigenvalue weighted by Gasteiger charge is 2.15. The first-order chi connectivity index (χ1) is 3.92. The Labute approximate surface area is 81.5 Å². The molecule has 0 aromatic rings. The maximum Gasteiger partial charge on any atom is 0.135 e. The van der Waals surface area contributed by atoms with Gasteiger partial charge in [0.2, 0.25) is 0 Å². The molecule has 0 heterocycles. The summed E-state index contributed by atoms with van der Waals surface area (Å²) in [7, 11) is 0. The van der Waals surface area contributed by atoms with E-state index in [1.165, 1.54) is 5.57 Å². The molecular weight excluding hydrogens is 312 g/mol. The van der Waals surface area contributed by atoms with Crippen LogP contribution in [0.3, 0.4) is 0 Å². The topological polar surface area (TPSA) is 0 Å². The van der Waals surface area contributed by atoms with E-state index in [-0.39, 0.29) is 2.14 Å². The Morgan fingerprint density at radius 2 is 1.89 bits per heavy atom. The van der Waals surface area contributed by atoms with Crippen LogP contribution in [0, 0.1) is 0 Å². The molecule has 3 heteroatoms. The van der Waals surface area contributed by atoms with Crippen molar-refractivity contribution >= 4 is 47.8 Å². The molecule has 0 N–H and O–H groups in total. The lowest BCUT2D eigenvalue weighted by Gasteiger charge is -2.10. The van der Waals surface area contributed by atoms with Crippen LogP contribution in [0.25, 0.3) is 0 Å². The summed E-state index contributed by atoms with van der Waals surface area (Å²) in [5, 5.41) is 0. The van der Waals surface area contributed by atoms with Crippen LogP contribution in [0.5, 0.6) is 0 Å². The van der Waals surface area contributed by atoms with Gasteiger partial charge in [0.1, 0.15) is 2.14 Å². The molecule has 0 bridgehead atoms. The lowest BCUT2D eigenvalue weighted by molar-refractivity contribution is 0.887. The van der Waals surface area contributed by atoms with Crippen LogP contribution in [-0.2, 0) is 0 Å². The van der Waals surface area contributed by atoms with Crippen molar-refractivity contribution in [3.63, 3.8) is 0 Å². The molecule has 0 aliphatic carbocycles. The van der Waals surface area contributed by atoms with Crippen molar-refractivity contribution in [3.8, 4) is 0 Å². The molecule has 0 aliphatic rings. The minimum Gasteiger partial charge on any atom is -0.100 e. The van der Waals surface area contributed by atoms with E-state index in [0.717, 1.165) is 12.8 Å². The normalized spacial score (nSPS) is 11.6. The van der Waals surface area contributed by atoms with Gasteiger partial charge in [0.05, 0.1) is 0 Å². The predicted octanol–water partition coefficient (Wildman–Crippen LogP) is 4.18. The van der Waals surface area contributed by atoms with Gasteiger partial charge in [-0.1, -0.05) is 53.4 Å². The molecule has 0 radical (unpaired) electrons. The van der Waals surface area contributed by atoms with Crippen molar-refractivity contribution < 1.29 is 0 Å². The molecule has 0 amide bonds. The van der Waals surface area contributed by atoms with Gasteiger partial charge in [-0.2, -0.15) is 0 Å². The fourth-order valence-electron chi connectivity index (χ4n) is 0.355. The van der Waals surface area contributed by atoms with Gasteiger partial charge < -0.3 is 0 Å². The van der Waals surface area contributed by atoms with E-state index in [4.69, 9.17) is 0 Å². The largest absolute Gasteiger partial charge is 0.135 e. The van der Waals surface area contributed by atoms with E-state index in [1.807, 2.05) is 6.92 Å². The zero-order valence-corrected chi connectivity index (χ0v) is 10.0. The van der Waals surface area contributed by atoms with Crippen molar-refractivity contribution in [2.24, 2.45) is 0 Å². The van der Waals surface area contributed by atoms with Crippen LogP contribution in [0.4, 0.5) is 0 Å². The molecule has 0 aromatic carbocycles. The van der Waals surface area contributed by atoms with Crippen molar-refractivity contribution in [1.29, 1.82) is 0 Å². The Bertz CT molecular complexity index is 101. The van der Waals surface area contributed by atoms with E-state index in [9.17, 15) is 0 Å². The fraction of sp³-hybridized carbons (Fsp3) is 0.667. The third-order valence-electron chi connectivity index (χ3n) is 0.835. The van der Waals surface area contributed by atoms with Crippen molar-refractivity contribution in [2.45, 2.75) is 21.9 Å². The van der Waals surface area contributed by atoms with Gasteiger partial charge in [-0.05, 0) is 19.8 Å². The highest BCUT2D eigenvalue weighted by molar-refractivity contribution is 9.39. The van der Waals surface area contributed by atoms with Gasteiger partial charge in [0.25, 0.3) is 0 Å². The first-order valence-corrected chi connectivity index (χ1v) is 5.01. The SMILES string of the molecule is C=C(C)CCC(Br)(Br)Br. The fourth-order valence-corrected chi connectivity index (χ4v) is 0.950. The quantitative estimate of drug-likeness (QED) is 0.529. The molecule has 0 unspecified atom stereocenters. The number of alkyl halides is 3. The van der Waals surface area contributed by atoms with Gasteiger partial charge in [-0.25, -0.2) is 0 Å². The summed E-state index contributed by atoms with van der Waals surface area (Å²) >= 11 is 10.2. The number of rotatable bonds is 2. The third kappa shape index (κ3) is 9.18. The van der Waals surface area contributed by atoms with Crippen LogP contribution in [-0.4, -0.2) is 2.14 Å². The van der Waals surface area contributed by atoms with Gasteiger partial charge in [-0.3, -0.25) is 0 Å². The van der Waals surface area contributed by atoms with Gasteiger partial charge in [0, 0.05) is 0 Å². The standard InChI is InChI=1S/C6H9Br3/c1-5(2)3-4-6(7,8)9/h1,3-4H2,2H3. The number of hydrogen-bond donors (Lipinski definition) is 0. The monoisotopic (exact) mass is 318 g/mol. The van der Waals surface area contributed by atoms with Crippen molar-refractivity contribution in [3.05, 3.63) is 12.2 Å². The summed E-state index contributed by atoms with van der Waals surface area (Å²) in [5.41, 5.74) is 1.21. The summed E-state index contributed by atoms with van der Waals surface area (Å²) in [6, 6.07) is 0. The Hall–Kier alpha value is 1.18. The van der Waals surface area contributed by atoms with Gasteiger partial charge >= 0.3 is 0 Å². The number of halogens is 3.